The van der Waals surface area contributed by atoms with Crippen molar-refractivity contribution in [2.45, 2.75) is 31.6 Å². The lowest BCUT2D eigenvalue weighted by atomic mass is 10.0. The van der Waals surface area contributed by atoms with Gasteiger partial charge < -0.3 is 24.8 Å². The third kappa shape index (κ3) is 5.22. The molecule has 1 saturated heterocycles. The summed E-state index contributed by atoms with van der Waals surface area (Å²) < 4.78 is 5.47. The number of β-amino-alcohol motifs (C(OH)–C–C–N with tert-alkyl or cyclic N) is 1. The van der Waals surface area contributed by atoms with E-state index in [1.807, 2.05) is 54.6 Å². The van der Waals surface area contributed by atoms with Gasteiger partial charge in [-0.05, 0) is 29.7 Å². The van der Waals surface area contributed by atoms with Crippen molar-refractivity contribution in [2.75, 3.05) is 13.1 Å². The van der Waals surface area contributed by atoms with Crippen LogP contribution in [0.15, 0.2) is 65.3 Å². The van der Waals surface area contributed by atoms with Crippen molar-refractivity contribution >= 4 is 11.8 Å². The van der Waals surface area contributed by atoms with Gasteiger partial charge in [-0.15, -0.1) is 0 Å². The number of aliphatic hydroxyl groups excluding tert-OH is 2. The van der Waals surface area contributed by atoms with Crippen LogP contribution in [0.5, 0.6) is 0 Å². The van der Waals surface area contributed by atoms with Crippen LogP contribution in [0.4, 0.5) is 0 Å². The molecule has 0 spiro atoms. The predicted molar refractivity (Wildman–Crippen MR) is 116 cm³/mol. The molecule has 8 nitrogen and oxygen atoms in total. The number of aliphatic hydroxyl groups is 2. The first-order chi connectivity index (χ1) is 15.5. The number of benzene rings is 2. The minimum Gasteiger partial charge on any atom is -0.444 e. The monoisotopic (exact) mass is 435 g/mol. The first-order valence-electron chi connectivity index (χ1n) is 10.5. The number of piperidine rings is 1. The van der Waals surface area contributed by atoms with E-state index in [4.69, 9.17) is 4.42 Å². The Balaban J connectivity index is 1.33. The molecular formula is C24H25N3O5. The van der Waals surface area contributed by atoms with Gasteiger partial charge >= 0.3 is 0 Å². The molecule has 2 aromatic carbocycles. The molecule has 0 bridgehead atoms. The minimum atomic E-state index is -0.959. The molecule has 1 aliphatic heterocycles. The van der Waals surface area contributed by atoms with Crippen LogP contribution in [-0.2, 0) is 17.8 Å². The van der Waals surface area contributed by atoms with Gasteiger partial charge in [-0.1, -0.05) is 42.5 Å². The molecule has 166 valence electrons. The number of hydrogen-bond acceptors (Lipinski definition) is 6. The van der Waals surface area contributed by atoms with Gasteiger partial charge in [-0.3, -0.25) is 9.59 Å². The Morgan fingerprint density at radius 3 is 2.50 bits per heavy atom. The largest absolute Gasteiger partial charge is 0.444 e. The molecule has 2 atom stereocenters. The Morgan fingerprint density at radius 2 is 1.78 bits per heavy atom. The Bertz CT molecular complexity index is 1060. The van der Waals surface area contributed by atoms with Crippen LogP contribution >= 0.6 is 0 Å². The minimum absolute atomic E-state index is 0.0496. The summed E-state index contributed by atoms with van der Waals surface area (Å²) in [7, 11) is 0. The normalized spacial score (nSPS) is 18.4. The second kappa shape index (κ2) is 9.76. The maximum absolute atomic E-state index is 12.6. The van der Waals surface area contributed by atoms with Gasteiger partial charge in [0.2, 0.25) is 11.8 Å². The second-order valence-corrected chi connectivity index (χ2v) is 7.85. The highest BCUT2D eigenvalue weighted by Gasteiger charge is 2.30. The number of amides is 2. The number of aromatic nitrogens is 1. The molecule has 2 heterocycles. The van der Waals surface area contributed by atoms with Crippen molar-refractivity contribution in [3.8, 4) is 11.5 Å². The van der Waals surface area contributed by atoms with Gasteiger partial charge in [0.1, 0.15) is 6.26 Å². The van der Waals surface area contributed by atoms with E-state index in [0.29, 0.717) is 37.4 Å². The lowest BCUT2D eigenvalue weighted by Gasteiger charge is -2.32. The molecule has 0 unspecified atom stereocenters. The van der Waals surface area contributed by atoms with E-state index in [1.165, 1.54) is 11.2 Å². The smallest absolute Gasteiger partial charge is 0.275 e. The van der Waals surface area contributed by atoms with Crippen LogP contribution in [0.25, 0.3) is 11.5 Å². The summed E-state index contributed by atoms with van der Waals surface area (Å²) in [5.41, 5.74) is 2.75. The van der Waals surface area contributed by atoms with E-state index in [9.17, 15) is 19.8 Å². The highest BCUT2D eigenvalue weighted by Crippen LogP contribution is 2.21. The maximum Gasteiger partial charge on any atom is 0.275 e. The molecule has 1 aliphatic rings. The quantitative estimate of drug-likeness (QED) is 0.544. The molecule has 0 saturated carbocycles. The fraction of sp³-hybridized carbons (Fsp3) is 0.292. The number of likely N-dealkylation sites (tertiary alicyclic amines) is 1. The highest BCUT2D eigenvalue weighted by atomic mass is 16.3. The molecule has 32 heavy (non-hydrogen) atoms. The van der Waals surface area contributed by atoms with E-state index in [1.54, 1.807) is 0 Å². The van der Waals surface area contributed by atoms with Crippen LogP contribution < -0.4 is 5.32 Å². The van der Waals surface area contributed by atoms with E-state index in [2.05, 4.69) is 10.3 Å². The van der Waals surface area contributed by atoms with Crippen molar-refractivity contribution in [2.24, 2.45) is 0 Å². The third-order valence-corrected chi connectivity index (χ3v) is 5.45. The molecule has 0 radical (unpaired) electrons. The molecule has 4 rings (SSSR count). The van der Waals surface area contributed by atoms with Gasteiger partial charge in [-0.25, -0.2) is 4.98 Å². The number of carbonyl (C=O) groups is 2. The number of rotatable bonds is 6. The number of nitrogens with one attached hydrogen (secondary N) is 1. The van der Waals surface area contributed by atoms with Gasteiger partial charge in [0.05, 0.1) is 18.6 Å². The Labute approximate surface area is 185 Å². The summed E-state index contributed by atoms with van der Waals surface area (Å²) >= 11 is 0. The van der Waals surface area contributed by atoms with E-state index in [0.717, 1.165) is 11.1 Å². The summed E-state index contributed by atoms with van der Waals surface area (Å²) in [6.07, 6.45) is 0.181. The zero-order chi connectivity index (χ0) is 22.5. The maximum atomic E-state index is 12.6. The van der Waals surface area contributed by atoms with Crippen molar-refractivity contribution < 1.29 is 24.2 Å². The van der Waals surface area contributed by atoms with Gasteiger partial charge in [0.25, 0.3) is 5.91 Å². The molecule has 1 aromatic heterocycles. The summed E-state index contributed by atoms with van der Waals surface area (Å²) in [5, 5.41) is 22.3. The van der Waals surface area contributed by atoms with Crippen LogP contribution in [0.1, 0.15) is 28.0 Å². The summed E-state index contributed by atoms with van der Waals surface area (Å²) in [4.78, 5) is 30.4. The van der Waals surface area contributed by atoms with E-state index < -0.39 is 12.2 Å². The second-order valence-electron chi connectivity index (χ2n) is 7.85. The fourth-order valence-electron chi connectivity index (χ4n) is 3.58. The summed E-state index contributed by atoms with van der Waals surface area (Å²) in [6.45, 7) is 0.821. The summed E-state index contributed by atoms with van der Waals surface area (Å²) in [6, 6.07) is 16.9. The lowest BCUT2D eigenvalue weighted by molar-refractivity contribution is -0.120. The number of oxazole rings is 1. The lowest BCUT2D eigenvalue weighted by Crippen LogP contribution is -2.49. The molecule has 8 heteroatoms. The Morgan fingerprint density at radius 1 is 1.03 bits per heavy atom. The SMILES string of the molecule is O=C(Cc1ccccc1)NCc1ccc(-c2nc(C(=O)N3CC[C@@H](O)[C@H](O)C3)co2)cc1. The predicted octanol–water partition coefficient (Wildman–Crippen LogP) is 1.77. The molecule has 3 aromatic rings. The molecule has 3 N–H and O–H groups in total. The summed E-state index contributed by atoms with van der Waals surface area (Å²) in [5.74, 6) is -0.0826. The molecule has 0 aliphatic carbocycles. The first-order valence-corrected chi connectivity index (χ1v) is 10.5. The number of hydrogen-bond donors (Lipinski definition) is 3. The average Bonchev–Trinajstić information content (AvgIpc) is 3.30. The number of nitrogens with zero attached hydrogens (tertiary/aromatic N) is 2. The van der Waals surface area contributed by atoms with Crippen LogP contribution in [0.3, 0.4) is 0 Å². The zero-order valence-electron chi connectivity index (χ0n) is 17.5. The average molecular weight is 435 g/mol. The van der Waals surface area contributed by atoms with E-state index in [-0.39, 0.29) is 24.1 Å². The number of carbonyl (C=O) groups excluding carboxylic acids is 2. The van der Waals surface area contributed by atoms with Crippen molar-refractivity contribution in [1.82, 2.24) is 15.2 Å². The van der Waals surface area contributed by atoms with Crippen molar-refractivity contribution in [3.05, 3.63) is 77.7 Å². The Hall–Kier alpha value is -3.49. The van der Waals surface area contributed by atoms with Gasteiger partial charge in [-0.2, -0.15) is 0 Å². The van der Waals surface area contributed by atoms with Crippen LogP contribution in [0.2, 0.25) is 0 Å². The third-order valence-electron chi connectivity index (χ3n) is 5.45. The Kier molecular flexibility index (Phi) is 6.63. The van der Waals surface area contributed by atoms with Crippen molar-refractivity contribution in [3.63, 3.8) is 0 Å². The molecule has 2 amide bonds. The standard InChI is InChI=1S/C24H25N3O5/c28-20-10-11-27(14-21(20)29)24(31)19-15-32-23(26-19)18-8-6-17(7-9-18)13-25-22(30)12-16-4-2-1-3-5-16/h1-9,15,20-21,28-29H,10-14H2,(H,25,30)/t20-,21-/m1/s1. The highest BCUT2D eigenvalue weighted by molar-refractivity contribution is 5.92. The van der Waals surface area contributed by atoms with Gasteiger partial charge in [0, 0.05) is 25.2 Å². The molecular weight excluding hydrogens is 410 g/mol. The topological polar surface area (TPSA) is 116 Å². The van der Waals surface area contributed by atoms with Crippen LogP contribution in [0, 0.1) is 0 Å². The fourth-order valence-corrected chi connectivity index (χ4v) is 3.58. The molecule has 1 fully saturated rings. The van der Waals surface area contributed by atoms with Crippen LogP contribution in [-0.4, -0.2) is 57.2 Å². The van der Waals surface area contributed by atoms with E-state index >= 15 is 0 Å². The first kappa shape index (κ1) is 21.7. The zero-order valence-corrected chi connectivity index (χ0v) is 17.5. The van der Waals surface area contributed by atoms with Crippen molar-refractivity contribution in [1.29, 1.82) is 0 Å². The van der Waals surface area contributed by atoms with Gasteiger partial charge in [0.15, 0.2) is 5.69 Å².